The van der Waals surface area contributed by atoms with Gasteiger partial charge in [0, 0.05) is 29.2 Å². The van der Waals surface area contributed by atoms with Crippen LogP contribution in [0.3, 0.4) is 0 Å². The topological polar surface area (TPSA) is 75.6 Å². The first-order valence-corrected chi connectivity index (χ1v) is 4.36. The third kappa shape index (κ3) is 1.76. The molecule has 0 spiro atoms. The van der Waals surface area contributed by atoms with Gasteiger partial charge in [0.2, 0.25) is 0 Å². The predicted octanol–water partition coefficient (Wildman–Crippen LogP) is 1.60. The molecule has 1 aromatic carbocycles. The molecule has 72 valence electrons. The van der Waals surface area contributed by atoms with Crippen molar-refractivity contribution in [1.82, 2.24) is 9.97 Å². The van der Waals surface area contributed by atoms with E-state index in [2.05, 4.69) is 16.0 Å². The number of nitrogens with two attached hydrogens (primary N) is 1. The van der Waals surface area contributed by atoms with E-state index in [9.17, 15) is 0 Å². The van der Waals surface area contributed by atoms with Crippen molar-refractivity contribution in [1.29, 1.82) is 5.26 Å². The average Bonchev–Trinajstić information content (AvgIpc) is 2.31. The molecule has 0 saturated heterocycles. The molecule has 0 aliphatic heterocycles. The summed E-state index contributed by atoms with van der Waals surface area (Å²) in [7, 11) is 0. The lowest BCUT2D eigenvalue weighted by atomic mass is 10.0. The highest BCUT2D eigenvalue weighted by Crippen LogP contribution is 2.25. The first-order chi connectivity index (χ1) is 7.31. The van der Waals surface area contributed by atoms with Gasteiger partial charge in [-0.3, -0.25) is 0 Å². The minimum Gasteiger partial charge on any atom is -0.398 e. The van der Waals surface area contributed by atoms with Crippen LogP contribution in [0.4, 0.5) is 5.69 Å². The zero-order valence-electron chi connectivity index (χ0n) is 7.88. The summed E-state index contributed by atoms with van der Waals surface area (Å²) in [5, 5.41) is 8.78. The van der Waals surface area contributed by atoms with Gasteiger partial charge in [-0.05, 0) is 18.2 Å². The van der Waals surface area contributed by atoms with Crippen molar-refractivity contribution in [3.63, 3.8) is 0 Å². The summed E-state index contributed by atoms with van der Waals surface area (Å²) in [5.41, 5.74) is 8.60. The fourth-order valence-corrected chi connectivity index (χ4v) is 1.31. The molecule has 0 amide bonds. The van der Waals surface area contributed by atoms with Crippen LogP contribution in [0.25, 0.3) is 11.1 Å². The number of hydrogen-bond acceptors (Lipinski definition) is 4. The standard InChI is InChI=1S/C11H8N4/c12-4-8-1-2-11(13)10(3-8)9-5-14-7-15-6-9/h1-3,5-7H,13H2. The summed E-state index contributed by atoms with van der Waals surface area (Å²) in [5.74, 6) is 0. The van der Waals surface area contributed by atoms with E-state index in [1.54, 1.807) is 30.6 Å². The Morgan fingerprint density at radius 1 is 1.20 bits per heavy atom. The molecule has 0 aliphatic rings. The lowest BCUT2D eigenvalue weighted by Crippen LogP contribution is -1.92. The summed E-state index contributed by atoms with van der Waals surface area (Å²) in [6.07, 6.45) is 4.79. The number of nitrogens with zero attached hydrogens (tertiary/aromatic N) is 3. The maximum Gasteiger partial charge on any atom is 0.115 e. The van der Waals surface area contributed by atoms with E-state index in [1.807, 2.05) is 0 Å². The molecule has 1 aromatic heterocycles. The van der Waals surface area contributed by atoms with Crippen molar-refractivity contribution in [2.45, 2.75) is 0 Å². The van der Waals surface area contributed by atoms with Crippen LogP contribution < -0.4 is 5.73 Å². The third-order valence-corrected chi connectivity index (χ3v) is 2.05. The molecule has 0 radical (unpaired) electrons. The van der Waals surface area contributed by atoms with Gasteiger partial charge in [-0.15, -0.1) is 0 Å². The van der Waals surface area contributed by atoms with Gasteiger partial charge in [0.25, 0.3) is 0 Å². The number of benzene rings is 1. The Morgan fingerprint density at radius 3 is 2.60 bits per heavy atom. The van der Waals surface area contributed by atoms with Crippen LogP contribution in [0.1, 0.15) is 5.56 Å². The van der Waals surface area contributed by atoms with E-state index in [-0.39, 0.29) is 0 Å². The maximum absolute atomic E-state index is 8.78. The van der Waals surface area contributed by atoms with Crippen LogP contribution in [0.15, 0.2) is 36.9 Å². The molecule has 4 heteroatoms. The Bertz CT molecular complexity index is 514. The summed E-state index contributed by atoms with van der Waals surface area (Å²) in [4.78, 5) is 7.82. The Hall–Kier alpha value is -2.41. The van der Waals surface area contributed by atoms with Crippen molar-refractivity contribution in [2.24, 2.45) is 0 Å². The Labute approximate surface area is 87.0 Å². The minimum atomic E-state index is 0.572. The molecule has 2 aromatic rings. The molecule has 0 bridgehead atoms. The van der Waals surface area contributed by atoms with Gasteiger partial charge in [-0.25, -0.2) is 9.97 Å². The highest BCUT2D eigenvalue weighted by atomic mass is 14.8. The van der Waals surface area contributed by atoms with Gasteiger partial charge in [0.1, 0.15) is 6.33 Å². The van der Waals surface area contributed by atoms with Gasteiger partial charge < -0.3 is 5.73 Å². The summed E-state index contributed by atoms with van der Waals surface area (Å²) >= 11 is 0. The van der Waals surface area contributed by atoms with Crippen molar-refractivity contribution < 1.29 is 0 Å². The molecule has 4 nitrogen and oxygen atoms in total. The predicted molar refractivity (Wildman–Crippen MR) is 56.6 cm³/mol. The molecule has 15 heavy (non-hydrogen) atoms. The van der Waals surface area contributed by atoms with Crippen LogP contribution in [0.5, 0.6) is 0 Å². The van der Waals surface area contributed by atoms with Crippen LogP contribution in [-0.2, 0) is 0 Å². The van der Waals surface area contributed by atoms with E-state index in [0.717, 1.165) is 11.1 Å². The van der Waals surface area contributed by atoms with Crippen molar-refractivity contribution in [2.75, 3.05) is 5.73 Å². The molecule has 2 rings (SSSR count). The molecular formula is C11H8N4. The minimum absolute atomic E-state index is 0.572. The monoisotopic (exact) mass is 196 g/mol. The lowest BCUT2D eigenvalue weighted by Gasteiger charge is -2.04. The van der Waals surface area contributed by atoms with E-state index < -0.39 is 0 Å². The molecule has 0 fully saturated rings. The zero-order chi connectivity index (χ0) is 10.7. The van der Waals surface area contributed by atoms with Crippen molar-refractivity contribution in [3.8, 4) is 17.2 Å². The molecule has 0 atom stereocenters. The first kappa shape index (κ1) is 9.16. The molecule has 1 heterocycles. The lowest BCUT2D eigenvalue weighted by molar-refractivity contribution is 1.17. The Balaban J connectivity index is 2.58. The number of nitriles is 1. The van der Waals surface area contributed by atoms with Gasteiger partial charge in [-0.1, -0.05) is 0 Å². The highest BCUT2D eigenvalue weighted by Gasteiger charge is 2.03. The smallest absolute Gasteiger partial charge is 0.115 e. The first-order valence-electron chi connectivity index (χ1n) is 4.36. The number of nitrogen functional groups attached to an aromatic ring is 1. The van der Waals surface area contributed by atoms with E-state index in [1.165, 1.54) is 6.33 Å². The molecule has 0 unspecified atom stereocenters. The summed E-state index contributed by atoms with van der Waals surface area (Å²) in [6.45, 7) is 0. The molecular weight excluding hydrogens is 188 g/mol. The van der Waals surface area contributed by atoms with Gasteiger partial charge in [0.05, 0.1) is 11.6 Å². The van der Waals surface area contributed by atoms with Crippen LogP contribution in [-0.4, -0.2) is 9.97 Å². The molecule has 0 saturated carbocycles. The van der Waals surface area contributed by atoms with E-state index in [4.69, 9.17) is 11.0 Å². The van der Waals surface area contributed by atoms with Crippen LogP contribution in [0, 0.1) is 11.3 Å². The number of rotatable bonds is 1. The summed E-state index contributed by atoms with van der Waals surface area (Å²) in [6, 6.07) is 7.19. The van der Waals surface area contributed by atoms with Crippen LogP contribution >= 0.6 is 0 Å². The van der Waals surface area contributed by atoms with Gasteiger partial charge in [0.15, 0.2) is 0 Å². The highest BCUT2D eigenvalue weighted by molar-refractivity contribution is 5.76. The average molecular weight is 196 g/mol. The third-order valence-electron chi connectivity index (χ3n) is 2.05. The quantitative estimate of drug-likeness (QED) is 0.703. The number of hydrogen-bond donors (Lipinski definition) is 1. The van der Waals surface area contributed by atoms with Gasteiger partial charge in [-0.2, -0.15) is 5.26 Å². The Kier molecular flexibility index (Phi) is 2.30. The fourth-order valence-electron chi connectivity index (χ4n) is 1.31. The Morgan fingerprint density at radius 2 is 1.93 bits per heavy atom. The second kappa shape index (κ2) is 3.76. The number of aromatic nitrogens is 2. The number of anilines is 1. The van der Waals surface area contributed by atoms with Crippen LogP contribution in [0.2, 0.25) is 0 Å². The zero-order valence-corrected chi connectivity index (χ0v) is 7.88. The van der Waals surface area contributed by atoms with Crippen molar-refractivity contribution >= 4 is 5.69 Å². The molecule has 2 N–H and O–H groups in total. The van der Waals surface area contributed by atoms with E-state index >= 15 is 0 Å². The second-order valence-corrected chi connectivity index (χ2v) is 3.04. The second-order valence-electron chi connectivity index (χ2n) is 3.04. The van der Waals surface area contributed by atoms with E-state index in [0.29, 0.717) is 11.3 Å². The fraction of sp³-hybridized carbons (Fsp3) is 0. The maximum atomic E-state index is 8.78. The summed E-state index contributed by atoms with van der Waals surface area (Å²) < 4.78 is 0. The largest absolute Gasteiger partial charge is 0.398 e. The SMILES string of the molecule is N#Cc1ccc(N)c(-c2cncnc2)c1. The van der Waals surface area contributed by atoms with Crippen molar-refractivity contribution in [3.05, 3.63) is 42.5 Å². The molecule has 0 aliphatic carbocycles. The van der Waals surface area contributed by atoms with Gasteiger partial charge >= 0.3 is 0 Å². The normalized spacial score (nSPS) is 9.53.